The van der Waals surface area contributed by atoms with Crippen molar-refractivity contribution in [3.05, 3.63) is 12.2 Å². The van der Waals surface area contributed by atoms with Crippen molar-refractivity contribution in [3.63, 3.8) is 0 Å². The maximum atomic E-state index is 2.48. The maximum Gasteiger partial charge on any atom is -0.0151 e. The van der Waals surface area contributed by atoms with Crippen LogP contribution >= 0.6 is 0 Å². The van der Waals surface area contributed by atoms with E-state index in [2.05, 4.69) is 60.6 Å². The van der Waals surface area contributed by atoms with Gasteiger partial charge in [0.2, 0.25) is 0 Å². The lowest BCUT2D eigenvalue weighted by molar-refractivity contribution is 0.0806. The Morgan fingerprint density at radius 3 is 1.80 bits per heavy atom. The lowest BCUT2D eigenvalue weighted by atomic mass is 9.60. The second kappa shape index (κ2) is 3.96. The van der Waals surface area contributed by atoms with Crippen molar-refractivity contribution in [1.29, 1.82) is 0 Å². The number of hydrogen-bond donors (Lipinski definition) is 0. The molecule has 0 amide bonds. The summed E-state index contributed by atoms with van der Waals surface area (Å²) < 4.78 is 0. The van der Waals surface area contributed by atoms with Gasteiger partial charge in [0.05, 0.1) is 0 Å². The molecule has 0 saturated heterocycles. The van der Waals surface area contributed by atoms with E-state index >= 15 is 0 Å². The van der Waals surface area contributed by atoms with Gasteiger partial charge in [0.25, 0.3) is 0 Å². The Bertz CT molecular complexity index is 234. The van der Waals surface area contributed by atoms with Gasteiger partial charge >= 0.3 is 0 Å². The minimum absolute atomic E-state index is 0.397. The zero-order valence-electron chi connectivity index (χ0n) is 11.6. The van der Waals surface area contributed by atoms with Gasteiger partial charge in [0.1, 0.15) is 0 Å². The van der Waals surface area contributed by atoms with Crippen LogP contribution in [0.2, 0.25) is 0 Å². The van der Waals surface area contributed by atoms with Crippen LogP contribution in [0.25, 0.3) is 0 Å². The molecule has 0 N–H and O–H groups in total. The highest BCUT2D eigenvalue weighted by Crippen LogP contribution is 2.47. The fraction of sp³-hybridized carbons (Fsp3) is 0.867. The molecule has 3 unspecified atom stereocenters. The molecule has 1 aliphatic carbocycles. The van der Waals surface area contributed by atoms with E-state index in [-0.39, 0.29) is 0 Å². The summed E-state index contributed by atoms with van der Waals surface area (Å²) in [6.45, 7) is 16.6. The van der Waals surface area contributed by atoms with Gasteiger partial charge in [-0.25, -0.2) is 0 Å². The van der Waals surface area contributed by atoms with Crippen LogP contribution in [0.3, 0.4) is 0 Å². The van der Waals surface area contributed by atoms with Crippen LogP contribution < -0.4 is 0 Å². The summed E-state index contributed by atoms with van der Waals surface area (Å²) in [5.74, 6) is 2.30. The van der Waals surface area contributed by atoms with E-state index in [1.165, 1.54) is 6.42 Å². The molecular weight excluding hydrogens is 180 g/mol. The Kier molecular flexibility index (Phi) is 3.38. The van der Waals surface area contributed by atoms with E-state index in [1.54, 1.807) is 0 Å². The van der Waals surface area contributed by atoms with Crippen molar-refractivity contribution in [1.82, 2.24) is 0 Å². The quantitative estimate of drug-likeness (QED) is 0.496. The van der Waals surface area contributed by atoms with Gasteiger partial charge in [0.15, 0.2) is 0 Å². The van der Waals surface area contributed by atoms with Crippen molar-refractivity contribution >= 4 is 0 Å². The fourth-order valence-electron chi connectivity index (χ4n) is 2.85. The van der Waals surface area contributed by atoms with Gasteiger partial charge < -0.3 is 0 Å². The topological polar surface area (TPSA) is 0 Å². The SMILES string of the molecule is CC1C=CC(C(C)(C)C)C(C(C)(C)C)C1. The molecule has 15 heavy (non-hydrogen) atoms. The van der Waals surface area contributed by atoms with Crippen LogP contribution in [-0.2, 0) is 0 Å². The van der Waals surface area contributed by atoms with E-state index in [4.69, 9.17) is 0 Å². The van der Waals surface area contributed by atoms with Crippen LogP contribution in [0.4, 0.5) is 0 Å². The lowest BCUT2D eigenvalue weighted by Gasteiger charge is -2.45. The highest BCUT2D eigenvalue weighted by molar-refractivity contribution is 5.06. The minimum atomic E-state index is 0.397. The second-order valence-electron chi connectivity index (χ2n) is 7.46. The van der Waals surface area contributed by atoms with E-state index in [1.807, 2.05) is 0 Å². The molecule has 0 saturated carbocycles. The summed E-state index contributed by atoms with van der Waals surface area (Å²) in [4.78, 5) is 0. The highest BCUT2D eigenvalue weighted by atomic mass is 14.4. The maximum absolute atomic E-state index is 2.48. The Balaban J connectivity index is 2.97. The summed E-state index contributed by atoms with van der Waals surface area (Å²) in [5, 5.41) is 0. The van der Waals surface area contributed by atoms with Gasteiger partial charge in [-0.2, -0.15) is 0 Å². The predicted octanol–water partition coefficient (Wildman–Crippen LogP) is 4.91. The zero-order valence-corrected chi connectivity index (χ0v) is 11.6. The first kappa shape index (κ1) is 12.8. The van der Waals surface area contributed by atoms with Crippen LogP contribution in [0.5, 0.6) is 0 Å². The van der Waals surface area contributed by atoms with Crippen molar-refractivity contribution in [3.8, 4) is 0 Å². The van der Waals surface area contributed by atoms with E-state index in [9.17, 15) is 0 Å². The summed E-state index contributed by atoms with van der Waals surface area (Å²) in [6.07, 6.45) is 6.24. The molecule has 1 rings (SSSR count). The smallest absolute Gasteiger partial charge is 0.0151 e. The lowest BCUT2D eigenvalue weighted by Crippen LogP contribution is -2.37. The number of allylic oxidation sites excluding steroid dienone is 2. The van der Waals surface area contributed by atoms with Gasteiger partial charge in [-0.1, -0.05) is 60.6 Å². The number of hydrogen-bond acceptors (Lipinski definition) is 0. The van der Waals surface area contributed by atoms with Gasteiger partial charge in [-0.3, -0.25) is 0 Å². The third-order valence-corrected chi connectivity index (χ3v) is 3.82. The van der Waals surface area contributed by atoms with Crippen molar-refractivity contribution in [2.24, 2.45) is 28.6 Å². The minimum Gasteiger partial charge on any atom is -0.0854 e. The molecule has 0 fully saturated rings. The molecule has 0 aromatic heterocycles. The zero-order chi connectivity index (χ0) is 11.9. The molecule has 0 aromatic carbocycles. The van der Waals surface area contributed by atoms with Crippen LogP contribution in [0.15, 0.2) is 12.2 Å². The molecule has 0 radical (unpaired) electrons. The first-order valence-corrected chi connectivity index (χ1v) is 6.30. The molecule has 0 heteroatoms. The van der Waals surface area contributed by atoms with E-state index < -0.39 is 0 Å². The molecule has 0 aromatic rings. The molecule has 88 valence electrons. The van der Waals surface area contributed by atoms with Crippen LogP contribution in [0, 0.1) is 28.6 Å². The monoisotopic (exact) mass is 208 g/mol. The molecule has 0 nitrogen and oxygen atoms in total. The Morgan fingerprint density at radius 1 is 0.867 bits per heavy atom. The Labute approximate surface area is 96.2 Å². The molecule has 0 aliphatic heterocycles. The van der Waals surface area contributed by atoms with E-state index in [0.717, 1.165) is 17.8 Å². The summed E-state index contributed by atoms with van der Waals surface area (Å²) in [7, 11) is 0. The average Bonchev–Trinajstić information content (AvgIpc) is 2.00. The van der Waals surface area contributed by atoms with E-state index in [0.29, 0.717) is 10.8 Å². The second-order valence-corrected chi connectivity index (χ2v) is 7.46. The molecule has 3 atom stereocenters. The summed E-state index contributed by atoms with van der Waals surface area (Å²) in [5.41, 5.74) is 0.825. The van der Waals surface area contributed by atoms with Crippen molar-refractivity contribution in [2.45, 2.75) is 54.9 Å². The Hall–Kier alpha value is -0.260. The summed E-state index contributed by atoms with van der Waals surface area (Å²) in [6, 6.07) is 0. The fourth-order valence-corrected chi connectivity index (χ4v) is 2.85. The highest BCUT2D eigenvalue weighted by Gasteiger charge is 2.39. The van der Waals surface area contributed by atoms with Crippen molar-refractivity contribution in [2.75, 3.05) is 0 Å². The van der Waals surface area contributed by atoms with Crippen LogP contribution in [-0.4, -0.2) is 0 Å². The average molecular weight is 208 g/mol. The van der Waals surface area contributed by atoms with Gasteiger partial charge in [0, 0.05) is 0 Å². The Morgan fingerprint density at radius 2 is 1.40 bits per heavy atom. The first-order chi connectivity index (χ1) is 6.62. The standard InChI is InChI=1S/C15H28/c1-11-8-9-12(14(2,3)4)13(10-11)15(5,6)7/h8-9,11-13H,10H2,1-7H3. The summed E-state index contributed by atoms with van der Waals surface area (Å²) >= 11 is 0. The molecule has 0 heterocycles. The normalized spacial score (nSPS) is 33.1. The largest absolute Gasteiger partial charge is 0.0854 e. The van der Waals surface area contributed by atoms with Gasteiger partial charge in [-0.15, -0.1) is 0 Å². The predicted molar refractivity (Wildman–Crippen MR) is 68.8 cm³/mol. The van der Waals surface area contributed by atoms with Gasteiger partial charge in [-0.05, 0) is 35.0 Å². The molecular formula is C15H28. The third kappa shape index (κ3) is 3.09. The van der Waals surface area contributed by atoms with Crippen LogP contribution in [0.1, 0.15) is 54.9 Å². The third-order valence-electron chi connectivity index (χ3n) is 3.82. The van der Waals surface area contributed by atoms with Crippen molar-refractivity contribution < 1.29 is 0 Å². The molecule has 0 spiro atoms. The number of rotatable bonds is 0. The first-order valence-electron chi connectivity index (χ1n) is 6.30. The molecule has 0 bridgehead atoms. The molecule has 1 aliphatic rings.